The molecule has 1 N–H and O–H groups in total. The standard InChI is InChI=1S/C19H31N3O/c1-15(2)22(4)14-17-10-6-5-9-16(17)13-20-19(23)18-11-7-8-12-21(18)3/h5-6,9-10,15,18H,7-8,11-14H2,1-4H3,(H,20,23). The van der Waals surface area contributed by atoms with Crippen molar-refractivity contribution in [3.63, 3.8) is 0 Å². The Morgan fingerprint density at radius 1 is 1.30 bits per heavy atom. The van der Waals surface area contributed by atoms with Gasteiger partial charge in [-0.3, -0.25) is 14.6 Å². The molecule has 0 spiro atoms. The molecule has 1 atom stereocenters. The van der Waals surface area contributed by atoms with E-state index in [1.54, 1.807) is 0 Å². The van der Waals surface area contributed by atoms with E-state index in [1.807, 2.05) is 6.07 Å². The lowest BCUT2D eigenvalue weighted by molar-refractivity contribution is -0.127. The molecule has 4 nitrogen and oxygen atoms in total. The SMILES string of the molecule is CC(C)N(C)Cc1ccccc1CNC(=O)C1CCCCN1C. The number of rotatable bonds is 6. The Kier molecular flexibility index (Phi) is 6.60. The molecule has 23 heavy (non-hydrogen) atoms. The van der Waals surface area contributed by atoms with Crippen LogP contribution in [-0.2, 0) is 17.9 Å². The number of likely N-dealkylation sites (tertiary alicyclic amines) is 1. The number of piperidine rings is 1. The number of benzene rings is 1. The quantitative estimate of drug-likeness (QED) is 0.876. The van der Waals surface area contributed by atoms with Gasteiger partial charge in [-0.15, -0.1) is 0 Å². The summed E-state index contributed by atoms with van der Waals surface area (Å²) in [7, 11) is 4.19. The first kappa shape index (κ1) is 18.0. The molecular weight excluding hydrogens is 286 g/mol. The molecule has 1 amide bonds. The van der Waals surface area contributed by atoms with Gasteiger partial charge < -0.3 is 5.32 Å². The van der Waals surface area contributed by atoms with Crippen LogP contribution in [-0.4, -0.2) is 48.4 Å². The molecule has 1 fully saturated rings. The highest BCUT2D eigenvalue weighted by Crippen LogP contribution is 2.16. The smallest absolute Gasteiger partial charge is 0.237 e. The Hall–Kier alpha value is -1.39. The molecule has 1 unspecified atom stereocenters. The highest BCUT2D eigenvalue weighted by molar-refractivity contribution is 5.81. The summed E-state index contributed by atoms with van der Waals surface area (Å²) in [4.78, 5) is 17.0. The van der Waals surface area contributed by atoms with Crippen molar-refractivity contribution < 1.29 is 4.79 Å². The summed E-state index contributed by atoms with van der Waals surface area (Å²) in [5.74, 6) is 0.166. The number of likely N-dealkylation sites (N-methyl/N-ethyl adjacent to an activating group) is 1. The molecule has 0 bridgehead atoms. The lowest BCUT2D eigenvalue weighted by atomic mass is 10.0. The van der Waals surface area contributed by atoms with E-state index in [2.05, 4.69) is 61.3 Å². The van der Waals surface area contributed by atoms with Crippen LogP contribution in [0, 0.1) is 0 Å². The van der Waals surface area contributed by atoms with Crippen LogP contribution >= 0.6 is 0 Å². The summed E-state index contributed by atoms with van der Waals surface area (Å²) >= 11 is 0. The fourth-order valence-electron chi connectivity index (χ4n) is 3.04. The molecule has 1 aromatic rings. The van der Waals surface area contributed by atoms with E-state index in [-0.39, 0.29) is 11.9 Å². The molecule has 1 aliphatic heterocycles. The van der Waals surface area contributed by atoms with E-state index in [0.717, 1.165) is 25.9 Å². The predicted molar refractivity (Wildman–Crippen MR) is 95.2 cm³/mol. The van der Waals surface area contributed by atoms with Crippen molar-refractivity contribution in [3.8, 4) is 0 Å². The topological polar surface area (TPSA) is 35.6 Å². The number of amides is 1. The van der Waals surface area contributed by atoms with Gasteiger partial charge in [-0.25, -0.2) is 0 Å². The molecule has 1 aliphatic rings. The number of hydrogen-bond acceptors (Lipinski definition) is 3. The molecular formula is C19H31N3O. The second kappa shape index (κ2) is 8.46. The molecule has 1 aromatic carbocycles. The number of carbonyl (C=O) groups excluding carboxylic acids is 1. The zero-order chi connectivity index (χ0) is 16.8. The molecule has 2 rings (SSSR count). The Bertz CT molecular complexity index is 515. The monoisotopic (exact) mass is 317 g/mol. The Labute approximate surface area is 140 Å². The van der Waals surface area contributed by atoms with Gasteiger partial charge in [0.15, 0.2) is 0 Å². The summed E-state index contributed by atoms with van der Waals surface area (Å²) in [6, 6.07) is 8.95. The van der Waals surface area contributed by atoms with Gasteiger partial charge in [0.05, 0.1) is 6.04 Å². The molecule has 4 heteroatoms. The molecule has 0 saturated carbocycles. The fourth-order valence-corrected chi connectivity index (χ4v) is 3.04. The zero-order valence-corrected chi connectivity index (χ0v) is 15.0. The summed E-state index contributed by atoms with van der Waals surface area (Å²) in [5, 5.41) is 3.14. The van der Waals surface area contributed by atoms with Crippen LogP contribution in [0.3, 0.4) is 0 Å². The Balaban J connectivity index is 1.96. The minimum atomic E-state index is 0.0363. The molecule has 0 radical (unpaired) electrons. The summed E-state index contributed by atoms with van der Waals surface area (Å²) < 4.78 is 0. The third-order valence-corrected chi connectivity index (χ3v) is 4.95. The lowest BCUT2D eigenvalue weighted by Crippen LogP contribution is -2.47. The highest BCUT2D eigenvalue weighted by Gasteiger charge is 2.25. The van der Waals surface area contributed by atoms with Gasteiger partial charge in [0.25, 0.3) is 0 Å². The van der Waals surface area contributed by atoms with Crippen molar-refractivity contribution in [3.05, 3.63) is 35.4 Å². The lowest BCUT2D eigenvalue weighted by Gasteiger charge is -2.31. The minimum absolute atomic E-state index is 0.0363. The normalized spacial score (nSPS) is 19.3. The summed E-state index contributed by atoms with van der Waals surface area (Å²) in [6.07, 6.45) is 3.32. The van der Waals surface area contributed by atoms with Crippen LogP contribution < -0.4 is 5.32 Å². The maximum Gasteiger partial charge on any atom is 0.237 e. The Morgan fingerprint density at radius 3 is 2.65 bits per heavy atom. The van der Waals surface area contributed by atoms with Crippen molar-refractivity contribution in [1.82, 2.24) is 15.1 Å². The molecule has 1 saturated heterocycles. The van der Waals surface area contributed by atoms with E-state index in [0.29, 0.717) is 12.6 Å². The van der Waals surface area contributed by atoms with E-state index >= 15 is 0 Å². The zero-order valence-electron chi connectivity index (χ0n) is 15.0. The summed E-state index contributed by atoms with van der Waals surface area (Å²) in [6.45, 7) is 6.94. The predicted octanol–water partition coefficient (Wildman–Crippen LogP) is 2.63. The van der Waals surface area contributed by atoms with E-state index in [4.69, 9.17) is 0 Å². The van der Waals surface area contributed by atoms with Crippen LogP contribution in [0.5, 0.6) is 0 Å². The third-order valence-electron chi connectivity index (χ3n) is 4.95. The van der Waals surface area contributed by atoms with Crippen molar-refractivity contribution in [2.24, 2.45) is 0 Å². The number of nitrogens with one attached hydrogen (secondary N) is 1. The third kappa shape index (κ3) is 5.05. The van der Waals surface area contributed by atoms with Crippen LogP contribution in [0.25, 0.3) is 0 Å². The van der Waals surface area contributed by atoms with Crippen molar-refractivity contribution in [2.45, 2.75) is 58.3 Å². The van der Waals surface area contributed by atoms with Gasteiger partial charge in [-0.05, 0) is 58.5 Å². The van der Waals surface area contributed by atoms with Crippen LogP contribution in [0.2, 0.25) is 0 Å². The molecule has 0 aliphatic carbocycles. The van der Waals surface area contributed by atoms with Gasteiger partial charge >= 0.3 is 0 Å². The first-order valence-corrected chi connectivity index (χ1v) is 8.74. The number of carbonyl (C=O) groups is 1. The van der Waals surface area contributed by atoms with Crippen LogP contribution in [0.4, 0.5) is 0 Å². The Morgan fingerprint density at radius 2 is 2.00 bits per heavy atom. The highest BCUT2D eigenvalue weighted by atomic mass is 16.2. The van der Waals surface area contributed by atoms with Crippen molar-refractivity contribution in [2.75, 3.05) is 20.6 Å². The second-order valence-electron chi connectivity index (χ2n) is 6.99. The summed E-state index contributed by atoms with van der Waals surface area (Å²) in [5.41, 5.74) is 2.51. The van der Waals surface area contributed by atoms with E-state index in [1.165, 1.54) is 17.5 Å². The van der Waals surface area contributed by atoms with Crippen LogP contribution in [0.15, 0.2) is 24.3 Å². The maximum atomic E-state index is 12.5. The number of hydrogen-bond donors (Lipinski definition) is 1. The van der Waals surface area contributed by atoms with E-state index in [9.17, 15) is 4.79 Å². The fraction of sp³-hybridized carbons (Fsp3) is 0.632. The average molecular weight is 317 g/mol. The maximum absolute atomic E-state index is 12.5. The van der Waals surface area contributed by atoms with E-state index < -0.39 is 0 Å². The van der Waals surface area contributed by atoms with Gasteiger partial charge in [-0.2, -0.15) is 0 Å². The second-order valence-corrected chi connectivity index (χ2v) is 6.99. The first-order chi connectivity index (χ1) is 11.0. The minimum Gasteiger partial charge on any atom is -0.351 e. The van der Waals surface area contributed by atoms with Gasteiger partial charge in [0.2, 0.25) is 5.91 Å². The van der Waals surface area contributed by atoms with Crippen LogP contribution in [0.1, 0.15) is 44.2 Å². The first-order valence-electron chi connectivity index (χ1n) is 8.74. The molecule has 0 aromatic heterocycles. The van der Waals surface area contributed by atoms with Crippen molar-refractivity contribution in [1.29, 1.82) is 0 Å². The largest absolute Gasteiger partial charge is 0.351 e. The van der Waals surface area contributed by atoms with Gasteiger partial charge in [0.1, 0.15) is 0 Å². The average Bonchev–Trinajstić information content (AvgIpc) is 2.54. The molecule has 128 valence electrons. The van der Waals surface area contributed by atoms with Gasteiger partial charge in [-0.1, -0.05) is 30.7 Å². The number of nitrogens with zero attached hydrogens (tertiary/aromatic N) is 2. The molecule has 1 heterocycles. The van der Waals surface area contributed by atoms with Gasteiger partial charge in [0, 0.05) is 19.1 Å². The van der Waals surface area contributed by atoms with Crippen molar-refractivity contribution >= 4 is 5.91 Å².